The van der Waals surface area contributed by atoms with E-state index in [1.807, 2.05) is 35.0 Å². The molecule has 3 aromatic rings. The molecule has 3 heterocycles. The molecular weight excluding hydrogens is 328 g/mol. The number of hydrogen-bond donors (Lipinski definition) is 0. The summed E-state index contributed by atoms with van der Waals surface area (Å²) in [6, 6.07) is 16.3. The van der Waals surface area contributed by atoms with Gasteiger partial charge in [-0.05, 0) is 46.2 Å². The van der Waals surface area contributed by atoms with Crippen LogP contribution in [0.15, 0.2) is 59.3 Å². The van der Waals surface area contributed by atoms with Crippen LogP contribution in [0.1, 0.15) is 20.9 Å². The van der Waals surface area contributed by atoms with Crippen LogP contribution in [0.25, 0.3) is 22.0 Å². The van der Waals surface area contributed by atoms with Gasteiger partial charge >= 0.3 is 0 Å². The van der Waals surface area contributed by atoms with E-state index >= 15 is 0 Å². The van der Waals surface area contributed by atoms with Crippen molar-refractivity contribution in [2.75, 3.05) is 0 Å². The van der Waals surface area contributed by atoms with Gasteiger partial charge in [-0.15, -0.1) is 22.7 Å². The van der Waals surface area contributed by atoms with Crippen molar-refractivity contribution >= 4 is 55.4 Å². The van der Waals surface area contributed by atoms with Gasteiger partial charge in [0.05, 0.1) is 20.6 Å². The van der Waals surface area contributed by atoms with Gasteiger partial charge in [0.15, 0.2) is 0 Å². The van der Waals surface area contributed by atoms with Crippen LogP contribution in [0, 0.1) is 0 Å². The van der Waals surface area contributed by atoms with Crippen molar-refractivity contribution in [1.82, 2.24) is 0 Å². The summed E-state index contributed by atoms with van der Waals surface area (Å²) in [5.74, 6) is 0. The second kappa shape index (κ2) is 5.80. The summed E-state index contributed by atoms with van der Waals surface area (Å²) in [6.45, 7) is 0. The van der Waals surface area contributed by atoms with E-state index in [-0.39, 0.29) is 0 Å². The molecule has 1 aliphatic heterocycles. The molecule has 0 saturated carbocycles. The molecule has 0 saturated heterocycles. The van der Waals surface area contributed by atoms with Crippen molar-refractivity contribution in [2.45, 2.75) is 0 Å². The second-order valence-corrected chi connectivity index (χ2v) is 8.24. The molecule has 0 bridgehead atoms. The summed E-state index contributed by atoms with van der Waals surface area (Å²) in [7, 11) is -1.13. The largest absolute Gasteiger partial charge is 0.249 e. The number of benzene rings is 1. The van der Waals surface area contributed by atoms with E-state index in [0.717, 1.165) is 30.7 Å². The third-order valence-electron chi connectivity index (χ3n) is 3.49. The molecular formula is C18H12OS3. The third-order valence-corrected chi connectivity index (χ3v) is 6.60. The Morgan fingerprint density at radius 1 is 0.727 bits per heavy atom. The molecule has 1 aliphatic rings. The lowest BCUT2D eigenvalue weighted by Crippen LogP contribution is -1.84. The molecule has 4 heteroatoms. The highest BCUT2D eigenvalue weighted by Gasteiger charge is 2.28. The molecule has 4 rings (SSSR count). The zero-order valence-electron chi connectivity index (χ0n) is 11.6. The maximum absolute atomic E-state index is 13.0. The lowest BCUT2D eigenvalue weighted by Gasteiger charge is -1.97. The molecule has 0 atom stereocenters. The first-order valence-corrected chi connectivity index (χ1v) is 9.76. The van der Waals surface area contributed by atoms with E-state index in [9.17, 15) is 4.21 Å². The van der Waals surface area contributed by atoms with Gasteiger partial charge in [-0.3, -0.25) is 0 Å². The first kappa shape index (κ1) is 13.9. The highest BCUT2D eigenvalue weighted by Crippen LogP contribution is 2.43. The zero-order valence-corrected chi connectivity index (χ0v) is 14.0. The van der Waals surface area contributed by atoms with Crippen molar-refractivity contribution in [1.29, 1.82) is 0 Å². The normalized spacial score (nSPS) is 20.6. The number of fused-ring (bicyclic) bond motifs is 1. The molecule has 0 unspecified atom stereocenters. The molecule has 1 aromatic carbocycles. The van der Waals surface area contributed by atoms with E-state index in [4.69, 9.17) is 0 Å². The van der Waals surface area contributed by atoms with Crippen LogP contribution in [-0.2, 0) is 10.8 Å². The van der Waals surface area contributed by atoms with E-state index in [0.29, 0.717) is 0 Å². The Hall–Kier alpha value is -1.75. The lowest BCUT2D eigenvalue weighted by atomic mass is 10.1. The Bertz CT molecular complexity index is 811. The maximum atomic E-state index is 13.0. The van der Waals surface area contributed by atoms with Crippen molar-refractivity contribution in [3.63, 3.8) is 0 Å². The Balaban J connectivity index is 1.89. The molecule has 108 valence electrons. The Labute approximate surface area is 139 Å². The molecule has 2 aromatic heterocycles. The van der Waals surface area contributed by atoms with Crippen molar-refractivity contribution in [3.8, 4) is 0 Å². The minimum atomic E-state index is -1.13. The highest BCUT2D eigenvalue weighted by molar-refractivity contribution is 8.04. The fourth-order valence-electron chi connectivity index (χ4n) is 2.50. The van der Waals surface area contributed by atoms with Gasteiger partial charge in [-0.1, -0.05) is 36.4 Å². The van der Waals surface area contributed by atoms with E-state index in [1.165, 1.54) is 0 Å². The van der Waals surface area contributed by atoms with Crippen LogP contribution in [0.5, 0.6) is 0 Å². The first-order valence-electron chi connectivity index (χ1n) is 6.85. The summed E-state index contributed by atoms with van der Waals surface area (Å²) < 4.78 is 13.0. The zero-order chi connectivity index (χ0) is 14.9. The molecule has 0 amide bonds. The number of hydrogen-bond acceptors (Lipinski definition) is 3. The summed E-state index contributed by atoms with van der Waals surface area (Å²) in [6.07, 6.45) is 4.10. The molecule has 0 N–H and O–H groups in total. The smallest absolute Gasteiger partial charge is 0.0863 e. The fraction of sp³-hybridized carbons (Fsp3) is 0. The molecule has 22 heavy (non-hydrogen) atoms. The van der Waals surface area contributed by atoms with Gasteiger partial charge < -0.3 is 0 Å². The predicted octanol–water partition coefficient (Wildman–Crippen LogP) is 5.57. The molecule has 1 nitrogen and oxygen atoms in total. The van der Waals surface area contributed by atoms with Crippen LogP contribution < -0.4 is 0 Å². The monoisotopic (exact) mass is 340 g/mol. The van der Waals surface area contributed by atoms with Gasteiger partial charge in [0.2, 0.25) is 0 Å². The summed E-state index contributed by atoms with van der Waals surface area (Å²) in [4.78, 5) is 4.08. The minimum absolute atomic E-state index is 0.904. The van der Waals surface area contributed by atoms with Gasteiger partial charge in [-0.2, -0.15) is 0 Å². The predicted molar refractivity (Wildman–Crippen MR) is 99.0 cm³/mol. The Morgan fingerprint density at radius 2 is 1.23 bits per heavy atom. The van der Waals surface area contributed by atoms with Crippen LogP contribution in [0.4, 0.5) is 0 Å². The van der Waals surface area contributed by atoms with Gasteiger partial charge in [0.25, 0.3) is 0 Å². The van der Waals surface area contributed by atoms with Crippen LogP contribution in [0.2, 0.25) is 0 Å². The van der Waals surface area contributed by atoms with E-state index < -0.39 is 10.8 Å². The fourth-order valence-corrected chi connectivity index (χ4v) is 5.42. The first-order chi connectivity index (χ1) is 10.8. The molecule has 0 aliphatic carbocycles. The van der Waals surface area contributed by atoms with Gasteiger partial charge in [-0.25, -0.2) is 4.21 Å². The van der Waals surface area contributed by atoms with Gasteiger partial charge in [0.1, 0.15) is 0 Å². The standard InChI is InChI=1S/C18H12OS3/c19-22-17(11-13-5-3-9-20-13)15-7-1-2-8-16(15)18(22)12-14-6-4-10-21-14/h1-12H/b17-11+,18-12+. The van der Waals surface area contributed by atoms with E-state index in [1.54, 1.807) is 22.7 Å². The van der Waals surface area contributed by atoms with Gasteiger partial charge in [0, 0.05) is 9.75 Å². The van der Waals surface area contributed by atoms with Crippen molar-refractivity contribution in [2.24, 2.45) is 0 Å². The quantitative estimate of drug-likeness (QED) is 0.596. The van der Waals surface area contributed by atoms with E-state index in [2.05, 4.69) is 36.4 Å². The number of rotatable bonds is 2. The SMILES string of the molecule is O=S1/C(=C/c2cccs2)c2ccccc2/C1=C\c1cccs1. The minimum Gasteiger partial charge on any atom is -0.249 e. The average Bonchev–Trinajstić information content (AvgIpc) is 3.27. The Morgan fingerprint density at radius 3 is 1.64 bits per heavy atom. The average molecular weight is 340 g/mol. The maximum Gasteiger partial charge on any atom is 0.0863 e. The third kappa shape index (κ3) is 2.43. The molecule has 0 fully saturated rings. The number of thiophene rings is 2. The summed E-state index contributed by atoms with van der Waals surface area (Å²) in [5.41, 5.74) is 2.16. The van der Waals surface area contributed by atoms with Crippen LogP contribution in [0.3, 0.4) is 0 Å². The van der Waals surface area contributed by atoms with Crippen molar-refractivity contribution in [3.05, 3.63) is 80.2 Å². The molecule has 0 spiro atoms. The topological polar surface area (TPSA) is 17.1 Å². The van der Waals surface area contributed by atoms with Crippen LogP contribution in [-0.4, -0.2) is 4.21 Å². The molecule has 0 radical (unpaired) electrons. The second-order valence-electron chi connectivity index (χ2n) is 4.86. The summed E-state index contributed by atoms with van der Waals surface area (Å²) in [5, 5.41) is 4.08. The Kier molecular flexibility index (Phi) is 3.66. The van der Waals surface area contributed by atoms with Crippen LogP contribution >= 0.6 is 22.7 Å². The summed E-state index contributed by atoms with van der Waals surface area (Å²) >= 11 is 3.33. The van der Waals surface area contributed by atoms with Crippen molar-refractivity contribution < 1.29 is 4.21 Å². The lowest BCUT2D eigenvalue weighted by molar-refractivity contribution is 0.695. The highest BCUT2D eigenvalue weighted by atomic mass is 32.2.